The van der Waals surface area contributed by atoms with E-state index in [4.69, 9.17) is 0 Å². The van der Waals surface area contributed by atoms with E-state index in [1.807, 2.05) is 36.6 Å². The minimum atomic E-state index is 0.162. The molecule has 4 heteroatoms. The number of carbonyl (C=O) groups is 1. The van der Waals surface area contributed by atoms with Crippen molar-refractivity contribution < 1.29 is 4.79 Å². The van der Waals surface area contributed by atoms with Crippen LogP contribution in [-0.4, -0.2) is 5.78 Å². The van der Waals surface area contributed by atoms with E-state index >= 15 is 0 Å². The fourth-order valence-corrected chi connectivity index (χ4v) is 3.22. The molecule has 0 atom stereocenters. The molecule has 0 amide bonds. The largest absolute Gasteiger partial charge is 0.294 e. The summed E-state index contributed by atoms with van der Waals surface area (Å²) in [6, 6.07) is 7.71. The van der Waals surface area contributed by atoms with Gasteiger partial charge in [0.05, 0.1) is 0 Å². The number of ketones is 1. The molecule has 0 N–H and O–H groups in total. The molecule has 2 aromatic rings. The molecule has 1 aromatic carbocycles. The fourth-order valence-electron chi connectivity index (χ4n) is 1.52. The minimum absolute atomic E-state index is 0.162. The lowest BCUT2D eigenvalue weighted by Crippen LogP contribution is -2.02. The summed E-state index contributed by atoms with van der Waals surface area (Å²) < 4.78 is 2.07. The third-order valence-electron chi connectivity index (χ3n) is 2.44. The number of Topliss-reactive ketones (excluding diaryl/α,β-unsaturated/α-hetero) is 1. The molecule has 0 radical (unpaired) electrons. The van der Waals surface area contributed by atoms with Crippen LogP contribution in [0.15, 0.2) is 38.6 Å². The number of thiophene rings is 1. The quantitative estimate of drug-likeness (QED) is 0.691. The molecule has 1 nitrogen and oxygen atoms in total. The number of rotatable bonds is 3. The average molecular weight is 374 g/mol. The maximum absolute atomic E-state index is 12.1. The summed E-state index contributed by atoms with van der Waals surface area (Å²) >= 11 is 8.43. The maximum Gasteiger partial charge on any atom is 0.168 e. The summed E-state index contributed by atoms with van der Waals surface area (Å²) in [5, 5.41) is 2.00. The van der Waals surface area contributed by atoms with Gasteiger partial charge in [0.2, 0.25) is 0 Å². The van der Waals surface area contributed by atoms with E-state index in [0.717, 1.165) is 24.9 Å². The van der Waals surface area contributed by atoms with Crippen LogP contribution in [0.5, 0.6) is 0 Å². The van der Waals surface area contributed by atoms with Gasteiger partial charge in [-0.15, -0.1) is 11.3 Å². The van der Waals surface area contributed by atoms with Gasteiger partial charge in [0.1, 0.15) is 0 Å². The number of halogens is 2. The Balaban J connectivity index is 2.17. The summed E-state index contributed by atoms with van der Waals surface area (Å²) in [6.45, 7) is 1.99. The highest BCUT2D eigenvalue weighted by Gasteiger charge is 2.09. The highest BCUT2D eigenvalue weighted by molar-refractivity contribution is 9.10. The molecular weight excluding hydrogens is 364 g/mol. The van der Waals surface area contributed by atoms with Crippen LogP contribution in [0.2, 0.25) is 0 Å². The van der Waals surface area contributed by atoms with Gasteiger partial charge in [0, 0.05) is 31.2 Å². The molecule has 88 valence electrons. The first kappa shape index (κ1) is 13.0. The highest BCUT2D eigenvalue weighted by Crippen LogP contribution is 2.22. The van der Waals surface area contributed by atoms with E-state index < -0.39 is 0 Å². The summed E-state index contributed by atoms with van der Waals surface area (Å²) in [5.74, 6) is 0.162. The van der Waals surface area contributed by atoms with Crippen molar-refractivity contribution >= 4 is 49.0 Å². The lowest BCUT2D eigenvalue weighted by atomic mass is 10.1. The monoisotopic (exact) mass is 372 g/mol. The second-order valence-corrected chi connectivity index (χ2v) is 6.56. The van der Waals surface area contributed by atoms with Crippen LogP contribution in [0.25, 0.3) is 0 Å². The van der Waals surface area contributed by atoms with Crippen LogP contribution in [0.1, 0.15) is 20.8 Å². The Hall–Kier alpha value is -0.450. The van der Waals surface area contributed by atoms with Gasteiger partial charge in [-0.25, -0.2) is 0 Å². The van der Waals surface area contributed by atoms with Gasteiger partial charge in [-0.1, -0.05) is 22.0 Å². The third kappa shape index (κ3) is 3.27. The first-order chi connectivity index (χ1) is 8.06. The van der Waals surface area contributed by atoms with Crippen molar-refractivity contribution in [2.75, 3.05) is 0 Å². The van der Waals surface area contributed by atoms with E-state index in [9.17, 15) is 4.79 Å². The van der Waals surface area contributed by atoms with Crippen molar-refractivity contribution in [1.82, 2.24) is 0 Å². The van der Waals surface area contributed by atoms with Crippen LogP contribution in [0, 0.1) is 6.92 Å². The number of benzene rings is 1. The van der Waals surface area contributed by atoms with Gasteiger partial charge in [-0.3, -0.25) is 4.79 Å². The predicted molar refractivity (Wildman–Crippen MR) is 78.9 cm³/mol. The Morgan fingerprint density at radius 2 is 2.06 bits per heavy atom. The van der Waals surface area contributed by atoms with Crippen LogP contribution < -0.4 is 0 Å². The number of hydrogen-bond donors (Lipinski definition) is 0. The Bertz CT molecular complexity index is 560. The van der Waals surface area contributed by atoms with Gasteiger partial charge in [-0.2, -0.15) is 0 Å². The molecule has 0 unspecified atom stereocenters. The van der Waals surface area contributed by atoms with E-state index in [2.05, 4.69) is 31.9 Å². The molecule has 2 rings (SSSR count). The summed E-state index contributed by atoms with van der Waals surface area (Å²) in [5.41, 5.74) is 1.86. The van der Waals surface area contributed by atoms with Gasteiger partial charge < -0.3 is 0 Å². The SMILES string of the molecule is Cc1cc(C(=O)Cc2cc(Br)cs2)ccc1Br. The normalized spacial score (nSPS) is 10.5. The Kier molecular flexibility index (Phi) is 4.17. The minimum Gasteiger partial charge on any atom is -0.294 e. The molecule has 1 heterocycles. The molecule has 0 spiro atoms. The molecule has 0 aliphatic heterocycles. The first-order valence-corrected chi connectivity index (χ1v) is 7.55. The van der Waals surface area contributed by atoms with Crippen LogP contribution >= 0.6 is 43.2 Å². The van der Waals surface area contributed by atoms with Crippen molar-refractivity contribution in [3.63, 3.8) is 0 Å². The first-order valence-electron chi connectivity index (χ1n) is 5.08. The lowest BCUT2D eigenvalue weighted by Gasteiger charge is -2.02. The topological polar surface area (TPSA) is 17.1 Å². The zero-order chi connectivity index (χ0) is 12.4. The van der Waals surface area contributed by atoms with E-state index in [1.54, 1.807) is 11.3 Å². The smallest absolute Gasteiger partial charge is 0.168 e. The summed E-state index contributed by atoms with van der Waals surface area (Å²) in [4.78, 5) is 13.1. The van der Waals surface area contributed by atoms with Crippen molar-refractivity contribution in [2.24, 2.45) is 0 Å². The predicted octanol–water partition coefficient (Wildman–Crippen LogP) is 5.01. The maximum atomic E-state index is 12.1. The van der Waals surface area contributed by atoms with Gasteiger partial charge in [-0.05, 0) is 46.6 Å². The molecule has 0 fully saturated rings. The van der Waals surface area contributed by atoms with Crippen LogP contribution in [0.3, 0.4) is 0 Å². The van der Waals surface area contributed by atoms with Gasteiger partial charge >= 0.3 is 0 Å². The number of carbonyl (C=O) groups excluding carboxylic acids is 1. The van der Waals surface area contributed by atoms with Crippen LogP contribution in [0.4, 0.5) is 0 Å². The third-order valence-corrected chi connectivity index (χ3v) is 5.02. The fraction of sp³-hybridized carbons (Fsp3) is 0.154. The Morgan fingerprint density at radius 3 is 2.65 bits per heavy atom. The highest BCUT2D eigenvalue weighted by atomic mass is 79.9. The molecule has 0 bridgehead atoms. The summed E-state index contributed by atoms with van der Waals surface area (Å²) in [7, 11) is 0. The van der Waals surface area contributed by atoms with E-state index in [1.165, 1.54) is 0 Å². The van der Waals surface area contributed by atoms with Gasteiger partial charge in [0.25, 0.3) is 0 Å². The Labute approximate surface area is 121 Å². The molecule has 0 aliphatic rings. The van der Waals surface area contributed by atoms with Crippen molar-refractivity contribution in [3.05, 3.63) is 54.6 Å². The van der Waals surface area contributed by atoms with Gasteiger partial charge in [0.15, 0.2) is 5.78 Å². The molecule has 1 aromatic heterocycles. The second kappa shape index (κ2) is 5.46. The number of aryl methyl sites for hydroxylation is 1. The zero-order valence-corrected chi connectivity index (χ0v) is 13.2. The lowest BCUT2D eigenvalue weighted by molar-refractivity contribution is 0.0993. The number of hydrogen-bond acceptors (Lipinski definition) is 2. The second-order valence-electron chi connectivity index (χ2n) is 3.80. The Morgan fingerprint density at radius 1 is 1.29 bits per heavy atom. The van der Waals surface area contributed by atoms with E-state index in [-0.39, 0.29) is 5.78 Å². The van der Waals surface area contributed by atoms with Crippen molar-refractivity contribution in [2.45, 2.75) is 13.3 Å². The zero-order valence-electron chi connectivity index (χ0n) is 9.17. The van der Waals surface area contributed by atoms with Crippen LogP contribution in [-0.2, 0) is 6.42 Å². The van der Waals surface area contributed by atoms with Crippen molar-refractivity contribution in [1.29, 1.82) is 0 Å². The molecular formula is C13H10Br2OS. The standard InChI is InChI=1S/C13H10Br2OS/c1-8-4-9(2-3-12(8)15)13(16)6-11-5-10(14)7-17-11/h2-5,7H,6H2,1H3. The molecule has 0 saturated heterocycles. The summed E-state index contributed by atoms with van der Waals surface area (Å²) in [6.07, 6.45) is 0.470. The molecule has 0 saturated carbocycles. The van der Waals surface area contributed by atoms with E-state index in [0.29, 0.717) is 6.42 Å². The van der Waals surface area contributed by atoms with Crippen molar-refractivity contribution in [3.8, 4) is 0 Å². The molecule has 17 heavy (non-hydrogen) atoms. The molecule has 0 aliphatic carbocycles. The average Bonchev–Trinajstić information content (AvgIpc) is 2.68.